The zero-order chi connectivity index (χ0) is 41.8. The molecule has 312 valence electrons. The molecule has 3 N–H and O–H groups in total. The van der Waals surface area contributed by atoms with Gasteiger partial charge in [0, 0.05) is 88.5 Å². The monoisotopic (exact) mass is 828 g/mol. The zero-order valence-electron chi connectivity index (χ0n) is 33.6. The number of piperidine rings is 1. The highest BCUT2D eigenvalue weighted by Gasteiger charge is 2.30. The highest BCUT2D eigenvalue weighted by Crippen LogP contribution is 2.33. The number of hydrogen-bond acceptors (Lipinski definition) is 12. The van der Waals surface area contributed by atoms with E-state index in [0.717, 1.165) is 56.5 Å². The maximum Gasteiger partial charge on any atom is 0.328 e. The number of imide groups is 1. The third kappa shape index (κ3) is 9.20. The van der Waals surface area contributed by atoms with Gasteiger partial charge >= 0.3 is 6.03 Å². The summed E-state index contributed by atoms with van der Waals surface area (Å²) in [7, 11) is 3.01. The van der Waals surface area contributed by atoms with E-state index in [2.05, 4.69) is 30.7 Å². The fourth-order valence-corrected chi connectivity index (χ4v) is 7.93. The van der Waals surface area contributed by atoms with Crippen LogP contribution in [0.5, 0.6) is 11.5 Å². The van der Waals surface area contributed by atoms with Gasteiger partial charge < -0.3 is 34.5 Å². The molecule has 0 unspecified atom stereocenters. The molecule has 5 amide bonds. The van der Waals surface area contributed by atoms with Crippen LogP contribution in [0.2, 0.25) is 5.02 Å². The molecule has 2 aromatic heterocycles. The van der Waals surface area contributed by atoms with Crippen LogP contribution in [0.3, 0.4) is 0 Å². The van der Waals surface area contributed by atoms with Crippen LogP contribution in [-0.4, -0.2) is 121 Å². The standard InChI is InChI=1S/C41H49ClN10O7/c1-25(2)52-31-7-6-29(19-28(31)21-34(39(52)56)59-24-36(54)43-3)45-37-30(42)22-44-40(47-37)50-17-15-48(16-18-50)23-26-9-12-49(13-10-26)38(55)27-5-8-33(58-4)32(20-27)51-14-11-35(53)46-41(51)57/h5-8,19-22,25-26H,9-18,23-24H2,1-4H3,(H,43,54)(H,44,45,47)(H,46,53,57). The van der Waals surface area contributed by atoms with Crippen molar-refractivity contribution >= 4 is 69.4 Å². The number of pyridine rings is 1. The average Bonchev–Trinajstić information content (AvgIpc) is 3.23. The number of nitrogens with zero attached hydrogens (tertiary/aromatic N) is 7. The Morgan fingerprint density at radius 2 is 1.73 bits per heavy atom. The normalized spacial score (nSPS) is 16.7. The first kappa shape index (κ1) is 41.2. The Labute approximate surface area is 346 Å². The number of likely N-dealkylation sites (N-methyl/N-ethyl adjacent to an activating group) is 1. The first-order valence-electron chi connectivity index (χ1n) is 19.8. The van der Waals surface area contributed by atoms with Crippen LogP contribution in [0.25, 0.3) is 10.9 Å². The molecular weight excluding hydrogens is 780 g/mol. The number of ether oxygens (including phenoxy) is 2. The lowest BCUT2D eigenvalue weighted by molar-refractivity contribution is -0.122. The molecular formula is C41H49ClN10O7. The summed E-state index contributed by atoms with van der Waals surface area (Å²) in [5.74, 6) is 1.24. The van der Waals surface area contributed by atoms with Crippen LogP contribution in [0.15, 0.2) is 53.5 Å². The number of anilines is 4. The molecule has 3 saturated heterocycles. The number of benzene rings is 2. The quantitative estimate of drug-likeness (QED) is 0.187. The van der Waals surface area contributed by atoms with Gasteiger partial charge in [-0.25, -0.2) is 9.78 Å². The molecule has 59 heavy (non-hydrogen) atoms. The van der Waals surface area contributed by atoms with Crippen molar-refractivity contribution in [3.63, 3.8) is 0 Å². The van der Waals surface area contributed by atoms with Crippen molar-refractivity contribution in [2.24, 2.45) is 5.92 Å². The molecule has 0 atom stereocenters. The molecule has 0 spiro atoms. The number of carbonyl (C=O) groups excluding carboxylic acids is 4. The number of aromatic nitrogens is 3. The first-order chi connectivity index (χ1) is 28.4. The number of rotatable bonds is 12. The summed E-state index contributed by atoms with van der Waals surface area (Å²) in [6, 6.07) is 11.6. The predicted octanol–water partition coefficient (Wildman–Crippen LogP) is 4.02. The number of urea groups is 1. The lowest BCUT2D eigenvalue weighted by Gasteiger charge is -2.39. The average molecular weight is 829 g/mol. The second-order valence-electron chi connectivity index (χ2n) is 15.2. The van der Waals surface area contributed by atoms with Gasteiger partial charge in [0.15, 0.2) is 18.2 Å². The van der Waals surface area contributed by atoms with Gasteiger partial charge in [-0.2, -0.15) is 4.98 Å². The van der Waals surface area contributed by atoms with E-state index in [-0.39, 0.29) is 54.6 Å². The van der Waals surface area contributed by atoms with E-state index in [4.69, 9.17) is 26.1 Å². The van der Waals surface area contributed by atoms with Crippen LogP contribution >= 0.6 is 11.6 Å². The topological polar surface area (TPSA) is 184 Å². The van der Waals surface area contributed by atoms with E-state index in [1.165, 1.54) is 19.1 Å². The molecule has 0 radical (unpaired) electrons. The number of likely N-dealkylation sites (tertiary alicyclic amines) is 1. The summed E-state index contributed by atoms with van der Waals surface area (Å²) in [6.45, 7) is 9.14. The number of hydrogen-bond donors (Lipinski definition) is 3. The van der Waals surface area contributed by atoms with Crippen LogP contribution in [0, 0.1) is 5.92 Å². The number of nitrogens with one attached hydrogen (secondary N) is 3. The van der Waals surface area contributed by atoms with Crippen molar-refractivity contribution in [3.05, 3.63) is 69.6 Å². The van der Waals surface area contributed by atoms with Crippen molar-refractivity contribution < 1.29 is 28.7 Å². The van der Waals surface area contributed by atoms with Gasteiger partial charge in [0.2, 0.25) is 11.9 Å². The molecule has 5 heterocycles. The van der Waals surface area contributed by atoms with E-state index in [0.29, 0.717) is 58.5 Å². The Hall–Kier alpha value is -5.94. The number of amides is 5. The molecule has 4 aromatic rings. The van der Waals surface area contributed by atoms with Crippen molar-refractivity contribution in [1.82, 2.24) is 35.0 Å². The van der Waals surface area contributed by atoms with Gasteiger partial charge in [0.25, 0.3) is 17.4 Å². The molecule has 0 saturated carbocycles. The summed E-state index contributed by atoms with van der Waals surface area (Å²) in [5.41, 5.74) is 2.04. The molecule has 0 aliphatic carbocycles. The SMILES string of the molecule is CNC(=O)COc1cc2cc(Nc3nc(N4CCN(CC5CCN(C(=O)c6ccc(OC)c(N7CCC(=O)NC7=O)c6)CC5)CC4)ncc3Cl)ccc2n(C(C)C)c1=O. The van der Waals surface area contributed by atoms with Gasteiger partial charge in [0.05, 0.1) is 24.5 Å². The van der Waals surface area contributed by atoms with Gasteiger partial charge in [-0.1, -0.05) is 11.6 Å². The summed E-state index contributed by atoms with van der Waals surface area (Å²) in [4.78, 5) is 80.1. The summed E-state index contributed by atoms with van der Waals surface area (Å²) < 4.78 is 12.7. The van der Waals surface area contributed by atoms with Crippen molar-refractivity contribution in [3.8, 4) is 11.5 Å². The van der Waals surface area contributed by atoms with E-state index in [1.54, 1.807) is 35.0 Å². The third-order valence-electron chi connectivity index (χ3n) is 11.0. The minimum absolute atomic E-state index is 0.0841. The summed E-state index contributed by atoms with van der Waals surface area (Å²) in [5, 5.41) is 9.25. The molecule has 3 aliphatic heterocycles. The van der Waals surface area contributed by atoms with Gasteiger partial charge in [0.1, 0.15) is 10.8 Å². The van der Waals surface area contributed by atoms with E-state index < -0.39 is 6.03 Å². The summed E-state index contributed by atoms with van der Waals surface area (Å²) >= 11 is 6.58. The number of piperazine rings is 1. The fourth-order valence-electron chi connectivity index (χ4n) is 7.79. The molecule has 3 fully saturated rings. The minimum atomic E-state index is -0.532. The fraction of sp³-hybridized carbons (Fsp3) is 0.439. The summed E-state index contributed by atoms with van der Waals surface area (Å²) in [6.07, 6.45) is 3.53. The largest absolute Gasteiger partial charge is 0.495 e. The smallest absolute Gasteiger partial charge is 0.328 e. The van der Waals surface area contributed by atoms with Crippen LogP contribution in [0.4, 0.5) is 27.9 Å². The Morgan fingerprint density at radius 1 is 0.966 bits per heavy atom. The number of methoxy groups -OCH3 is 1. The Morgan fingerprint density at radius 3 is 2.42 bits per heavy atom. The second-order valence-corrected chi connectivity index (χ2v) is 15.6. The lowest BCUT2D eigenvalue weighted by atomic mass is 9.95. The molecule has 17 nitrogen and oxygen atoms in total. The highest BCUT2D eigenvalue weighted by atomic mass is 35.5. The lowest BCUT2D eigenvalue weighted by Crippen LogP contribution is -2.50. The van der Waals surface area contributed by atoms with E-state index in [9.17, 15) is 24.0 Å². The van der Waals surface area contributed by atoms with Crippen molar-refractivity contribution in [1.29, 1.82) is 0 Å². The highest BCUT2D eigenvalue weighted by molar-refractivity contribution is 6.33. The molecule has 7 rings (SSSR count). The van der Waals surface area contributed by atoms with Crippen LogP contribution in [-0.2, 0) is 9.59 Å². The van der Waals surface area contributed by atoms with Gasteiger partial charge in [-0.15, -0.1) is 0 Å². The van der Waals surface area contributed by atoms with E-state index >= 15 is 0 Å². The molecule has 3 aliphatic rings. The minimum Gasteiger partial charge on any atom is -0.495 e. The third-order valence-corrected chi connectivity index (χ3v) is 11.3. The Bertz CT molecular complexity index is 2300. The number of fused-ring (bicyclic) bond motifs is 1. The maximum absolute atomic E-state index is 13.6. The second kappa shape index (κ2) is 17.9. The first-order valence-corrected chi connectivity index (χ1v) is 20.2. The molecule has 0 bridgehead atoms. The predicted molar refractivity (Wildman–Crippen MR) is 224 cm³/mol. The Balaban J connectivity index is 0.935. The van der Waals surface area contributed by atoms with Crippen LogP contribution in [0.1, 0.15) is 49.5 Å². The van der Waals surface area contributed by atoms with Crippen molar-refractivity contribution in [2.75, 3.05) is 88.2 Å². The van der Waals surface area contributed by atoms with Crippen molar-refractivity contribution in [2.45, 2.75) is 39.2 Å². The Kier molecular flexibility index (Phi) is 12.5. The number of halogens is 1. The maximum atomic E-state index is 13.6. The molecule has 18 heteroatoms. The number of carbonyl (C=O) groups is 4. The van der Waals surface area contributed by atoms with Gasteiger partial charge in [-0.3, -0.25) is 34.3 Å². The van der Waals surface area contributed by atoms with E-state index in [1.807, 2.05) is 36.9 Å². The zero-order valence-corrected chi connectivity index (χ0v) is 34.4. The van der Waals surface area contributed by atoms with Gasteiger partial charge in [-0.05, 0) is 75.1 Å². The molecule has 2 aromatic carbocycles. The van der Waals surface area contributed by atoms with Crippen LogP contribution < -0.4 is 40.8 Å².